The standard InChI is InChI=1S/C28H31NO4S/c1-16-11-12-24(34-16)27-25(28(31)33-20-8-4-5-9-20)17(2)29-22-14-19(15-23(30)26(22)27)18-7-6-10-21(13-18)32-3/h6-7,10-13,19-20,27,29H,4-5,8-9,14-15H2,1-3H3/t19-,27-/m0/s1. The lowest BCUT2D eigenvalue weighted by Gasteiger charge is -2.36. The zero-order chi connectivity index (χ0) is 23.8. The second-order valence-corrected chi connectivity index (χ2v) is 10.9. The fourth-order valence-corrected chi connectivity index (χ4v) is 6.55. The van der Waals surface area contributed by atoms with E-state index in [1.54, 1.807) is 18.4 Å². The third-order valence-electron chi connectivity index (χ3n) is 7.23. The molecule has 2 aromatic rings. The van der Waals surface area contributed by atoms with Crippen LogP contribution in [0.1, 0.15) is 72.6 Å². The summed E-state index contributed by atoms with van der Waals surface area (Å²) in [6.07, 6.45) is 5.15. The largest absolute Gasteiger partial charge is 0.497 e. The number of nitrogens with one attached hydrogen (secondary N) is 1. The number of benzene rings is 1. The number of aryl methyl sites for hydroxylation is 1. The van der Waals surface area contributed by atoms with Crippen LogP contribution in [0.15, 0.2) is 58.9 Å². The minimum atomic E-state index is -0.373. The van der Waals surface area contributed by atoms with Crippen LogP contribution in [0.25, 0.3) is 0 Å². The summed E-state index contributed by atoms with van der Waals surface area (Å²) in [7, 11) is 1.66. The van der Waals surface area contributed by atoms with Gasteiger partial charge in [-0.25, -0.2) is 4.79 Å². The molecule has 0 spiro atoms. The minimum Gasteiger partial charge on any atom is -0.497 e. The maximum Gasteiger partial charge on any atom is 0.337 e. The topological polar surface area (TPSA) is 64.6 Å². The van der Waals surface area contributed by atoms with Crippen molar-refractivity contribution in [1.82, 2.24) is 5.32 Å². The van der Waals surface area contributed by atoms with Crippen LogP contribution in [0.4, 0.5) is 0 Å². The van der Waals surface area contributed by atoms with Gasteiger partial charge in [-0.1, -0.05) is 12.1 Å². The van der Waals surface area contributed by atoms with Gasteiger partial charge in [0, 0.05) is 33.1 Å². The molecule has 2 heterocycles. The van der Waals surface area contributed by atoms with E-state index >= 15 is 0 Å². The van der Waals surface area contributed by atoms with Gasteiger partial charge in [-0.05, 0) is 81.7 Å². The molecule has 3 aliphatic rings. The summed E-state index contributed by atoms with van der Waals surface area (Å²) in [4.78, 5) is 29.3. The van der Waals surface area contributed by atoms with Gasteiger partial charge < -0.3 is 14.8 Å². The molecule has 2 aliphatic carbocycles. The van der Waals surface area contributed by atoms with E-state index in [4.69, 9.17) is 9.47 Å². The number of hydrogen-bond acceptors (Lipinski definition) is 6. The van der Waals surface area contributed by atoms with Crippen molar-refractivity contribution in [2.75, 3.05) is 7.11 Å². The molecule has 1 aliphatic heterocycles. The van der Waals surface area contributed by atoms with Crippen LogP contribution in [-0.2, 0) is 14.3 Å². The summed E-state index contributed by atoms with van der Waals surface area (Å²) in [6.45, 7) is 3.99. The Labute approximate surface area is 204 Å². The highest BCUT2D eigenvalue weighted by atomic mass is 32.1. The number of allylic oxidation sites excluding steroid dienone is 3. The quantitative estimate of drug-likeness (QED) is 0.542. The number of hydrogen-bond donors (Lipinski definition) is 1. The van der Waals surface area contributed by atoms with Gasteiger partial charge in [0.2, 0.25) is 0 Å². The summed E-state index contributed by atoms with van der Waals surface area (Å²) in [5.74, 6) is 0.293. The van der Waals surface area contributed by atoms with Crippen molar-refractivity contribution < 1.29 is 19.1 Å². The van der Waals surface area contributed by atoms with Crippen LogP contribution in [0.3, 0.4) is 0 Å². The Bertz CT molecular complexity index is 1180. The first-order valence-corrected chi connectivity index (χ1v) is 12.9. The molecule has 1 saturated carbocycles. The molecule has 1 N–H and O–H groups in total. The van der Waals surface area contributed by atoms with Crippen molar-refractivity contribution in [3.63, 3.8) is 0 Å². The van der Waals surface area contributed by atoms with Crippen molar-refractivity contribution in [2.45, 2.75) is 70.3 Å². The number of rotatable bonds is 5. The smallest absolute Gasteiger partial charge is 0.337 e. The van der Waals surface area contributed by atoms with E-state index in [9.17, 15) is 9.59 Å². The van der Waals surface area contributed by atoms with Gasteiger partial charge in [-0.2, -0.15) is 0 Å². The Kier molecular flexibility index (Phi) is 6.34. The number of carbonyl (C=O) groups is 2. The predicted octanol–water partition coefficient (Wildman–Crippen LogP) is 5.91. The van der Waals surface area contributed by atoms with Gasteiger partial charge in [0.15, 0.2) is 5.78 Å². The normalized spacial score (nSPS) is 23.1. The predicted molar refractivity (Wildman–Crippen MR) is 133 cm³/mol. The lowest BCUT2D eigenvalue weighted by atomic mass is 9.73. The molecule has 0 amide bonds. The number of methoxy groups -OCH3 is 1. The van der Waals surface area contributed by atoms with E-state index in [2.05, 4.69) is 30.4 Å². The molecule has 1 aromatic heterocycles. The Morgan fingerprint density at radius 2 is 1.88 bits per heavy atom. The number of ketones is 1. The highest BCUT2D eigenvalue weighted by Crippen LogP contribution is 2.47. The second kappa shape index (κ2) is 9.41. The van der Waals surface area contributed by atoms with Gasteiger partial charge in [0.1, 0.15) is 11.9 Å². The van der Waals surface area contributed by atoms with Crippen molar-refractivity contribution in [1.29, 1.82) is 0 Å². The molecule has 178 valence electrons. The second-order valence-electron chi connectivity index (χ2n) is 9.55. The fourth-order valence-electron chi connectivity index (χ4n) is 5.55. The van der Waals surface area contributed by atoms with E-state index in [-0.39, 0.29) is 29.7 Å². The summed E-state index contributed by atoms with van der Waals surface area (Å²) in [6, 6.07) is 12.1. The van der Waals surface area contributed by atoms with E-state index < -0.39 is 0 Å². The fraction of sp³-hybridized carbons (Fsp3) is 0.429. The number of Topliss-reactive ketones (excluding diaryl/α,β-unsaturated/α-hetero) is 1. The van der Waals surface area contributed by atoms with Crippen molar-refractivity contribution in [3.8, 4) is 5.75 Å². The average Bonchev–Trinajstić information content (AvgIpc) is 3.49. The van der Waals surface area contributed by atoms with E-state index in [1.807, 2.05) is 25.1 Å². The maximum atomic E-state index is 13.7. The van der Waals surface area contributed by atoms with E-state index in [0.29, 0.717) is 12.0 Å². The highest BCUT2D eigenvalue weighted by molar-refractivity contribution is 7.12. The molecule has 34 heavy (non-hydrogen) atoms. The van der Waals surface area contributed by atoms with E-state index in [0.717, 1.165) is 70.1 Å². The Morgan fingerprint density at radius 3 is 2.59 bits per heavy atom. The Morgan fingerprint density at radius 1 is 1.09 bits per heavy atom. The number of thiophene rings is 1. The van der Waals surface area contributed by atoms with Crippen molar-refractivity contribution in [2.24, 2.45) is 0 Å². The van der Waals surface area contributed by atoms with Crippen molar-refractivity contribution >= 4 is 23.1 Å². The van der Waals surface area contributed by atoms with Crippen LogP contribution in [0.2, 0.25) is 0 Å². The first-order valence-electron chi connectivity index (χ1n) is 12.1. The Hall–Kier alpha value is -2.86. The molecule has 6 heteroatoms. The molecule has 0 bridgehead atoms. The SMILES string of the molecule is COc1cccc([C@@H]2CC(=O)C3=C(C2)NC(C)=C(C(=O)OC2CCCC2)[C@@H]3c2ccc(C)s2)c1. The first-order chi connectivity index (χ1) is 16.4. The van der Waals surface area contributed by atoms with Crippen LogP contribution in [0.5, 0.6) is 5.75 Å². The third-order valence-corrected chi connectivity index (χ3v) is 8.30. The molecule has 1 fully saturated rings. The summed E-state index contributed by atoms with van der Waals surface area (Å²) in [5, 5.41) is 3.45. The molecular weight excluding hydrogens is 446 g/mol. The average molecular weight is 478 g/mol. The number of ether oxygens (including phenoxy) is 2. The molecule has 0 radical (unpaired) electrons. The molecule has 5 rings (SSSR count). The molecule has 5 nitrogen and oxygen atoms in total. The minimum absolute atomic E-state index is 0.0200. The van der Waals surface area contributed by atoms with Crippen LogP contribution >= 0.6 is 11.3 Å². The summed E-state index contributed by atoms with van der Waals surface area (Å²) < 4.78 is 11.3. The van der Waals surface area contributed by atoms with Gasteiger partial charge in [0.05, 0.1) is 18.6 Å². The van der Waals surface area contributed by atoms with Crippen molar-refractivity contribution in [3.05, 3.63) is 74.3 Å². The van der Waals surface area contributed by atoms with Crippen LogP contribution < -0.4 is 10.1 Å². The van der Waals surface area contributed by atoms with Gasteiger partial charge >= 0.3 is 5.97 Å². The van der Waals surface area contributed by atoms with Crippen LogP contribution in [0, 0.1) is 6.92 Å². The molecule has 1 aromatic carbocycles. The first kappa shape index (κ1) is 22.9. The third kappa shape index (κ3) is 4.31. The molecular formula is C28H31NO4S. The Balaban J connectivity index is 1.51. The number of carbonyl (C=O) groups excluding carboxylic acids is 2. The summed E-state index contributed by atoms with van der Waals surface area (Å²) >= 11 is 1.65. The molecule has 0 saturated heterocycles. The lowest BCUT2D eigenvalue weighted by Crippen LogP contribution is -2.36. The zero-order valence-electron chi connectivity index (χ0n) is 20.0. The van der Waals surface area contributed by atoms with Gasteiger partial charge in [-0.3, -0.25) is 4.79 Å². The highest BCUT2D eigenvalue weighted by Gasteiger charge is 2.42. The number of dihydropyridines is 1. The van der Waals surface area contributed by atoms with Crippen LogP contribution in [-0.4, -0.2) is 25.0 Å². The monoisotopic (exact) mass is 477 g/mol. The molecule has 2 atom stereocenters. The zero-order valence-corrected chi connectivity index (χ0v) is 20.8. The van der Waals surface area contributed by atoms with E-state index in [1.165, 1.54) is 0 Å². The summed E-state index contributed by atoms with van der Waals surface area (Å²) in [5.41, 5.74) is 4.12. The van der Waals surface area contributed by atoms with Gasteiger partial charge in [0.25, 0.3) is 0 Å². The number of esters is 1. The van der Waals surface area contributed by atoms with Gasteiger partial charge in [-0.15, -0.1) is 11.3 Å². The molecule has 0 unspecified atom stereocenters. The maximum absolute atomic E-state index is 13.7. The lowest BCUT2D eigenvalue weighted by molar-refractivity contribution is -0.144.